The monoisotopic (exact) mass is 739 g/mol. The molecule has 0 aliphatic rings. The van der Waals surface area contributed by atoms with Crippen LogP contribution in [0.4, 0.5) is 0 Å². The Kier molecular flexibility index (Phi) is 6.29. The molecule has 0 N–H and O–H groups in total. The Morgan fingerprint density at radius 3 is 1.59 bits per heavy atom. The van der Waals surface area contributed by atoms with Crippen LogP contribution in [-0.2, 0) is 0 Å². The van der Waals surface area contributed by atoms with Gasteiger partial charge in [-0.3, -0.25) is 0 Å². The van der Waals surface area contributed by atoms with Gasteiger partial charge < -0.3 is 4.42 Å². The molecule has 0 saturated carbocycles. The summed E-state index contributed by atoms with van der Waals surface area (Å²) in [6.07, 6.45) is 0. The quantitative estimate of drug-likeness (QED) is 0.170. The fourth-order valence-corrected chi connectivity index (χ4v) is 8.62. The van der Waals surface area contributed by atoms with Gasteiger partial charge in [-0.15, -0.1) is 11.3 Å². The van der Waals surface area contributed by atoms with Crippen LogP contribution in [0, 0.1) is 0 Å². The minimum atomic E-state index is -0.331. The molecule has 0 aliphatic carbocycles. The smallest absolute Gasteiger partial charge is 0.165 e. The van der Waals surface area contributed by atoms with Crippen LogP contribution in [0.5, 0.6) is 0 Å². The van der Waals surface area contributed by atoms with Crippen molar-refractivity contribution in [1.82, 2.24) is 15.0 Å². The number of benzene rings is 8. The first kappa shape index (κ1) is 26.5. The van der Waals surface area contributed by atoms with Gasteiger partial charge in [0.2, 0.25) is 0 Å². The SMILES string of the molecule is [2H]c1c(-c2ccccc2)c([2H])c2c(oc3c([2H])c(-c4nc(-c5ccc(-c6ccccc6)cc5)nc(-c5cccc6c5sc5c(-c7ccccc7)cccc56)n4)c([2H])c([2H])c32)c1[2H]. The Balaban J connectivity index is 1.16. The first-order valence-corrected chi connectivity index (χ1v) is 19.0. The van der Waals surface area contributed by atoms with Crippen LogP contribution >= 0.6 is 11.3 Å². The lowest BCUT2D eigenvalue weighted by Gasteiger charge is -2.10. The highest BCUT2D eigenvalue weighted by molar-refractivity contribution is 7.26. The average molecular weight is 740 g/mol. The maximum absolute atomic E-state index is 9.58. The van der Waals surface area contributed by atoms with Crippen LogP contribution in [0.2, 0.25) is 0 Å². The number of furan rings is 1. The minimum Gasteiger partial charge on any atom is -0.456 e. The average Bonchev–Trinajstić information content (AvgIpc) is 3.92. The summed E-state index contributed by atoms with van der Waals surface area (Å²) in [5.41, 5.74) is 6.29. The van der Waals surface area contributed by atoms with E-state index in [2.05, 4.69) is 36.4 Å². The highest BCUT2D eigenvalue weighted by Crippen LogP contribution is 2.44. The third kappa shape index (κ3) is 5.56. The fraction of sp³-hybridized carbons (Fsp3) is 0. The number of hydrogen-bond acceptors (Lipinski definition) is 5. The predicted molar refractivity (Wildman–Crippen MR) is 233 cm³/mol. The molecular formula is C51H31N3OS. The second-order valence-corrected chi connectivity index (χ2v) is 14.5. The van der Waals surface area contributed by atoms with E-state index >= 15 is 0 Å². The van der Waals surface area contributed by atoms with Gasteiger partial charge in [0.1, 0.15) is 11.2 Å². The van der Waals surface area contributed by atoms with Gasteiger partial charge >= 0.3 is 0 Å². The van der Waals surface area contributed by atoms with E-state index in [1.165, 1.54) is 0 Å². The maximum Gasteiger partial charge on any atom is 0.165 e. The van der Waals surface area contributed by atoms with Crippen molar-refractivity contribution in [3.63, 3.8) is 0 Å². The summed E-state index contributed by atoms with van der Waals surface area (Å²) in [4.78, 5) is 15.0. The van der Waals surface area contributed by atoms with Crippen molar-refractivity contribution in [2.75, 3.05) is 0 Å². The van der Waals surface area contributed by atoms with Crippen LogP contribution < -0.4 is 0 Å². The van der Waals surface area contributed by atoms with Crippen LogP contribution in [0.1, 0.15) is 8.22 Å². The van der Waals surface area contributed by atoms with Crippen molar-refractivity contribution in [3.05, 3.63) is 188 Å². The zero-order valence-corrected chi connectivity index (χ0v) is 30.4. The molecule has 4 nitrogen and oxygen atoms in total. The summed E-state index contributed by atoms with van der Waals surface area (Å²) in [6, 6.07) is 48.0. The van der Waals surface area contributed by atoms with Crippen LogP contribution in [0.15, 0.2) is 192 Å². The number of thiophene rings is 1. The van der Waals surface area contributed by atoms with E-state index < -0.39 is 0 Å². The predicted octanol–water partition coefficient (Wildman–Crippen LogP) is 14.1. The second-order valence-electron chi connectivity index (χ2n) is 13.5. The van der Waals surface area contributed by atoms with Crippen molar-refractivity contribution in [1.29, 1.82) is 0 Å². The topological polar surface area (TPSA) is 51.8 Å². The molecule has 0 bridgehead atoms. The molecule has 0 atom stereocenters. The van der Waals surface area contributed by atoms with E-state index in [0.717, 1.165) is 48.0 Å². The van der Waals surface area contributed by atoms with Crippen molar-refractivity contribution in [2.45, 2.75) is 0 Å². The van der Waals surface area contributed by atoms with E-state index in [0.29, 0.717) is 22.8 Å². The fourth-order valence-electron chi connectivity index (χ4n) is 7.27. The summed E-state index contributed by atoms with van der Waals surface area (Å²) in [5.74, 6) is 0.657. The highest BCUT2D eigenvalue weighted by atomic mass is 32.1. The lowest BCUT2D eigenvalue weighted by atomic mass is 10.0. The van der Waals surface area contributed by atoms with Crippen molar-refractivity contribution < 1.29 is 12.6 Å². The Morgan fingerprint density at radius 2 is 0.893 bits per heavy atom. The summed E-state index contributed by atoms with van der Waals surface area (Å²) in [7, 11) is 0. The normalized spacial score (nSPS) is 13.1. The van der Waals surface area contributed by atoms with Gasteiger partial charge in [0, 0.05) is 47.6 Å². The van der Waals surface area contributed by atoms with Gasteiger partial charge in [0.05, 0.1) is 8.22 Å². The summed E-state index contributed by atoms with van der Waals surface area (Å²) in [6.45, 7) is 0. The highest BCUT2D eigenvalue weighted by Gasteiger charge is 2.19. The summed E-state index contributed by atoms with van der Waals surface area (Å²) < 4.78 is 63.7. The zero-order chi connectivity index (χ0) is 42.2. The molecular weight excluding hydrogens is 703 g/mol. The molecule has 0 spiro atoms. The third-order valence-corrected chi connectivity index (χ3v) is 11.3. The molecule has 0 saturated heterocycles. The first-order valence-electron chi connectivity index (χ1n) is 21.2. The van der Waals surface area contributed by atoms with E-state index in [1.807, 2.05) is 91.0 Å². The molecule has 56 heavy (non-hydrogen) atoms. The lowest BCUT2D eigenvalue weighted by molar-refractivity contribution is 0.669. The van der Waals surface area contributed by atoms with Crippen LogP contribution in [-0.4, -0.2) is 15.0 Å². The Morgan fingerprint density at radius 1 is 0.357 bits per heavy atom. The Labute approximate surface area is 335 Å². The van der Waals surface area contributed by atoms with E-state index in [4.69, 9.17) is 22.1 Å². The molecule has 3 aromatic heterocycles. The largest absolute Gasteiger partial charge is 0.456 e. The number of aromatic nitrogens is 3. The van der Waals surface area contributed by atoms with Gasteiger partial charge in [-0.05, 0) is 63.6 Å². The molecule has 0 radical (unpaired) electrons. The van der Waals surface area contributed by atoms with Crippen LogP contribution in [0.3, 0.4) is 0 Å². The van der Waals surface area contributed by atoms with Gasteiger partial charge in [-0.25, -0.2) is 15.0 Å². The van der Waals surface area contributed by atoms with Crippen molar-refractivity contribution >= 4 is 53.4 Å². The van der Waals surface area contributed by atoms with Gasteiger partial charge in [-0.2, -0.15) is 0 Å². The molecule has 0 fully saturated rings. The molecule has 0 amide bonds. The zero-order valence-electron chi connectivity index (χ0n) is 35.6. The molecule has 262 valence electrons. The Hall–Kier alpha value is -7.21. The number of fused-ring (bicyclic) bond motifs is 6. The van der Waals surface area contributed by atoms with E-state index in [9.17, 15) is 5.48 Å². The number of nitrogens with zero attached hydrogens (tertiary/aromatic N) is 3. The van der Waals surface area contributed by atoms with Gasteiger partial charge in [-0.1, -0.05) is 158 Å². The molecule has 0 unspecified atom stereocenters. The maximum atomic E-state index is 9.58. The molecule has 3 heterocycles. The molecule has 8 aromatic carbocycles. The molecule has 0 aliphatic heterocycles. The van der Waals surface area contributed by atoms with Gasteiger partial charge in [0.15, 0.2) is 17.5 Å². The minimum absolute atomic E-state index is 0.00873. The molecule has 11 aromatic rings. The van der Waals surface area contributed by atoms with E-state index in [1.54, 1.807) is 35.6 Å². The molecule has 11 rings (SSSR count). The summed E-state index contributed by atoms with van der Waals surface area (Å²) >= 11 is 1.65. The summed E-state index contributed by atoms with van der Waals surface area (Å²) in [5, 5.41) is 2.31. The second kappa shape index (κ2) is 13.3. The molecule has 5 heteroatoms. The van der Waals surface area contributed by atoms with Crippen molar-refractivity contribution in [2.24, 2.45) is 0 Å². The van der Waals surface area contributed by atoms with Crippen molar-refractivity contribution in [3.8, 4) is 67.5 Å². The number of hydrogen-bond donors (Lipinski definition) is 0. The lowest BCUT2D eigenvalue weighted by Crippen LogP contribution is -2.00. The van der Waals surface area contributed by atoms with E-state index in [-0.39, 0.29) is 75.1 Å². The first-order chi connectivity index (χ1) is 30.3. The Bertz CT molecular complexity index is 3580. The standard InChI is InChI=1S/C51H31N3OS/c1-4-12-32(13-5-1)34-22-24-36(25-23-34)49-52-50(38-26-28-40-44-30-37(33-14-6-2-7-15-33)27-29-45(44)55-46(40)31-38)54-51(53-49)43-21-11-20-42-41-19-10-18-39(47(41)56-48(42)43)35-16-8-3-9-17-35/h1-31H/i26D,27D,28D,29D,30D,31D. The van der Waals surface area contributed by atoms with Crippen LogP contribution in [0.25, 0.3) is 110 Å². The third-order valence-electron chi connectivity index (χ3n) is 10.0. The number of rotatable bonds is 6. The van der Waals surface area contributed by atoms with Gasteiger partial charge in [0.25, 0.3) is 0 Å².